The van der Waals surface area contributed by atoms with Gasteiger partial charge in [-0.3, -0.25) is 4.57 Å². The maximum absolute atomic E-state index is 10.2. The minimum atomic E-state index is -3.75. The zero-order valence-corrected chi connectivity index (χ0v) is 8.69. The van der Waals surface area contributed by atoms with E-state index in [1.54, 1.807) is 0 Å². The van der Waals surface area contributed by atoms with Crippen LogP contribution in [0.25, 0.3) is 0 Å². The monoisotopic (exact) mass is 234 g/mol. The van der Waals surface area contributed by atoms with Gasteiger partial charge < -0.3 is 15.5 Å². The molecule has 0 aliphatic heterocycles. The highest BCUT2D eigenvalue weighted by Crippen LogP contribution is 2.34. The lowest BCUT2D eigenvalue weighted by Crippen LogP contribution is -1.99. The summed E-state index contributed by atoms with van der Waals surface area (Å²) in [7, 11) is -6.62. The highest BCUT2D eigenvalue weighted by Gasteiger charge is 2.10. The summed E-state index contributed by atoms with van der Waals surface area (Å²) in [4.78, 5) is 30.9. The van der Waals surface area contributed by atoms with Crippen molar-refractivity contribution < 1.29 is 28.7 Å². The van der Waals surface area contributed by atoms with Crippen molar-refractivity contribution in [1.82, 2.24) is 0 Å². The Morgan fingerprint density at radius 3 is 1.85 bits per heavy atom. The van der Waals surface area contributed by atoms with E-state index in [0.717, 1.165) is 0 Å². The molecule has 7 nitrogen and oxygen atoms in total. The summed E-state index contributed by atoms with van der Waals surface area (Å²) in [5.41, 5.74) is 5.10. The predicted molar refractivity (Wildman–Crippen MR) is 47.2 cm³/mol. The van der Waals surface area contributed by atoms with Crippen molar-refractivity contribution in [3.05, 3.63) is 0 Å². The van der Waals surface area contributed by atoms with Crippen molar-refractivity contribution in [2.24, 2.45) is 5.73 Å². The van der Waals surface area contributed by atoms with Gasteiger partial charge in [0.05, 0.1) is 0 Å². The Balaban J connectivity index is 0. The quantitative estimate of drug-likeness (QED) is 0.327. The van der Waals surface area contributed by atoms with Crippen LogP contribution in [0.15, 0.2) is 0 Å². The second kappa shape index (κ2) is 8.72. The third-order valence-electron chi connectivity index (χ3n) is 0.904. The fraction of sp³-hybridized carbons (Fsp3) is 1.00. The first-order valence-corrected chi connectivity index (χ1v) is 6.35. The SMILES string of the molecule is NCCCCP(=O)(O)O.O=[P+](O)O. The highest BCUT2D eigenvalue weighted by atomic mass is 31.2. The summed E-state index contributed by atoms with van der Waals surface area (Å²) < 4.78 is 18.9. The molecule has 0 unspecified atom stereocenters. The number of nitrogens with two attached hydrogens (primary N) is 1. The largest absolute Gasteiger partial charge is 0.692 e. The van der Waals surface area contributed by atoms with Crippen LogP contribution in [-0.4, -0.2) is 32.3 Å². The van der Waals surface area contributed by atoms with E-state index in [-0.39, 0.29) is 6.16 Å². The molecule has 9 heteroatoms. The number of unbranched alkanes of at least 4 members (excludes halogenated alkanes) is 1. The Kier molecular flexibility index (Phi) is 10.5. The smallest absolute Gasteiger partial charge is 0.330 e. The Morgan fingerprint density at radius 1 is 1.23 bits per heavy atom. The van der Waals surface area contributed by atoms with Crippen LogP contribution in [0.4, 0.5) is 0 Å². The molecule has 0 bridgehead atoms. The highest BCUT2D eigenvalue weighted by molar-refractivity contribution is 7.51. The van der Waals surface area contributed by atoms with E-state index in [1.807, 2.05) is 0 Å². The molecule has 0 radical (unpaired) electrons. The Morgan fingerprint density at radius 2 is 1.62 bits per heavy atom. The van der Waals surface area contributed by atoms with Gasteiger partial charge in [0, 0.05) is 10.7 Å². The first-order chi connectivity index (χ1) is 5.79. The van der Waals surface area contributed by atoms with Gasteiger partial charge in [-0.05, 0) is 19.4 Å². The van der Waals surface area contributed by atoms with Crippen molar-refractivity contribution >= 4 is 15.9 Å². The van der Waals surface area contributed by atoms with Crippen LogP contribution in [0.5, 0.6) is 0 Å². The summed E-state index contributed by atoms with van der Waals surface area (Å²) in [6, 6.07) is 0. The Hall–Kier alpha value is 0.130. The summed E-state index contributed by atoms with van der Waals surface area (Å²) in [6.45, 7) is 0.500. The van der Waals surface area contributed by atoms with Gasteiger partial charge >= 0.3 is 15.9 Å². The lowest BCUT2D eigenvalue weighted by molar-refractivity contribution is 0.371. The van der Waals surface area contributed by atoms with Gasteiger partial charge in [0.2, 0.25) is 0 Å². The Labute approximate surface area is 76.7 Å². The molecule has 0 aromatic heterocycles. The number of hydrogen-bond acceptors (Lipinski definition) is 3. The molecule has 80 valence electrons. The molecule has 13 heavy (non-hydrogen) atoms. The van der Waals surface area contributed by atoms with Crippen LogP contribution >= 0.6 is 15.9 Å². The van der Waals surface area contributed by atoms with Gasteiger partial charge in [-0.1, -0.05) is 0 Å². The molecule has 0 atom stereocenters. The van der Waals surface area contributed by atoms with Crippen molar-refractivity contribution in [3.63, 3.8) is 0 Å². The van der Waals surface area contributed by atoms with Crippen LogP contribution < -0.4 is 5.73 Å². The minimum absolute atomic E-state index is 0.0375. The van der Waals surface area contributed by atoms with E-state index in [0.29, 0.717) is 19.4 Å². The van der Waals surface area contributed by atoms with E-state index in [2.05, 4.69) is 0 Å². The molecular weight excluding hydrogens is 220 g/mol. The molecule has 0 heterocycles. The zero-order chi connectivity index (χ0) is 10.9. The van der Waals surface area contributed by atoms with Crippen LogP contribution in [0.2, 0.25) is 0 Å². The number of hydrogen-bond donors (Lipinski definition) is 5. The molecule has 0 rings (SSSR count). The van der Waals surface area contributed by atoms with E-state index < -0.39 is 15.9 Å². The molecular formula is C4H14NO6P2+. The van der Waals surface area contributed by atoms with Crippen LogP contribution in [-0.2, 0) is 9.13 Å². The fourth-order valence-corrected chi connectivity index (χ4v) is 1.10. The number of rotatable bonds is 4. The first-order valence-electron chi connectivity index (χ1n) is 3.39. The van der Waals surface area contributed by atoms with Gasteiger partial charge in [0.25, 0.3) is 0 Å². The van der Waals surface area contributed by atoms with Crippen LogP contribution in [0.3, 0.4) is 0 Å². The van der Waals surface area contributed by atoms with Gasteiger partial charge in [-0.15, -0.1) is 9.79 Å². The van der Waals surface area contributed by atoms with Crippen molar-refractivity contribution in [1.29, 1.82) is 0 Å². The second-order valence-electron chi connectivity index (χ2n) is 2.14. The van der Waals surface area contributed by atoms with Crippen LogP contribution in [0.1, 0.15) is 12.8 Å². The average Bonchev–Trinajstić information content (AvgIpc) is 1.83. The molecule has 0 aromatic rings. The van der Waals surface area contributed by atoms with E-state index in [9.17, 15) is 4.57 Å². The molecule has 0 spiro atoms. The molecule has 0 aliphatic carbocycles. The molecule has 0 saturated heterocycles. The molecule has 0 aromatic carbocycles. The topological polar surface area (TPSA) is 141 Å². The van der Waals surface area contributed by atoms with E-state index in [1.165, 1.54) is 0 Å². The fourth-order valence-electron chi connectivity index (χ4n) is 0.462. The summed E-state index contributed by atoms with van der Waals surface area (Å²) in [6.07, 6.45) is 1.16. The van der Waals surface area contributed by atoms with E-state index in [4.69, 9.17) is 29.9 Å². The van der Waals surface area contributed by atoms with Crippen LogP contribution in [0, 0.1) is 0 Å². The summed E-state index contributed by atoms with van der Waals surface area (Å²) in [5, 5.41) is 0. The predicted octanol–water partition coefficient (Wildman–Crippen LogP) is -0.469. The summed E-state index contributed by atoms with van der Waals surface area (Å²) >= 11 is 0. The first kappa shape index (κ1) is 15.6. The third-order valence-corrected chi connectivity index (χ3v) is 1.80. The zero-order valence-electron chi connectivity index (χ0n) is 6.91. The van der Waals surface area contributed by atoms with Gasteiger partial charge in [-0.2, -0.15) is 0 Å². The summed E-state index contributed by atoms with van der Waals surface area (Å²) in [5.74, 6) is 0. The van der Waals surface area contributed by atoms with Gasteiger partial charge in [0.1, 0.15) is 0 Å². The second-order valence-corrected chi connectivity index (χ2v) is 4.42. The van der Waals surface area contributed by atoms with Gasteiger partial charge in [-0.25, -0.2) is 0 Å². The molecule has 0 amide bonds. The molecule has 6 N–H and O–H groups in total. The maximum atomic E-state index is 10.2. The standard InChI is InChI=1S/C4H12NO3P.HO3P/c5-3-1-2-4-9(6,7)8;1-4(2)3/h1-5H2,(H2,6,7,8);(H-,1,2,3)/p+1. The van der Waals surface area contributed by atoms with E-state index >= 15 is 0 Å². The minimum Gasteiger partial charge on any atom is -0.330 e. The molecule has 0 fully saturated rings. The van der Waals surface area contributed by atoms with Crippen molar-refractivity contribution in [2.45, 2.75) is 12.8 Å². The van der Waals surface area contributed by atoms with Gasteiger partial charge in [0.15, 0.2) is 0 Å². The molecule has 0 aliphatic rings. The Bertz CT molecular complexity index is 175. The lowest BCUT2D eigenvalue weighted by atomic mass is 10.3. The molecule has 0 saturated carbocycles. The third kappa shape index (κ3) is 33.1. The van der Waals surface area contributed by atoms with Crippen molar-refractivity contribution in [2.75, 3.05) is 12.7 Å². The normalized spacial score (nSPS) is 10.2. The average molecular weight is 234 g/mol. The van der Waals surface area contributed by atoms with Crippen molar-refractivity contribution in [3.8, 4) is 0 Å². The lowest BCUT2D eigenvalue weighted by Gasteiger charge is -2.00. The maximum Gasteiger partial charge on any atom is 0.692 e.